The molecule has 154 valence electrons. The lowest BCUT2D eigenvalue weighted by atomic mass is 10.2. The largest absolute Gasteiger partial charge is 0.497 e. The summed E-state index contributed by atoms with van der Waals surface area (Å²) in [7, 11) is -2.31. The summed E-state index contributed by atoms with van der Waals surface area (Å²) in [6, 6.07) is 7.69. The molecule has 9 heteroatoms. The van der Waals surface area contributed by atoms with Crippen LogP contribution in [0.2, 0.25) is 0 Å². The molecule has 0 fully saturated rings. The molecule has 0 aliphatic heterocycles. The number of carbonyl (C=O) groups is 1. The van der Waals surface area contributed by atoms with Crippen molar-refractivity contribution < 1.29 is 22.5 Å². The summed E-state index contributed by atoms with van der Waals surface area (Å²) in [5, 5.41) is 6.27. The first-order valence-electron chi connectivity index (χ1n) is 9.24. The number of rotatable bonds is 11. The predicted octanol–water partition coefficient (Wildman–Crippen LogP) is 3.20. The monoisotopic (exact) mass is 409 g/mol. The van der Waals surface area contributed by atoms with Gasteiger partial charge in [-0.2, -0.15) is 4.31 Å². The Bertz CT molecular complexity index is 862. The lowest BCUT2D eigenvalue weighted by Crippen LogP contribution is -2.38. The smallest absolute Gasteiger partial charge is 0.243 e. The Morgan fingerprint density at radius 1 is 1.21 bits per heavy atom. The number of nitrogens with one attached hydrogen (secondary N) is 1. The van der Waals surface area contributed by atoms with Gasteiger partial charge < -0.3 is 14.6 Å². The van der Waals surface area contributed by atoms with E-state index in [9.17, 15) is 13.2 Å². The molecule has 1 aromatic heterocycles. The number of anilines is 1. The van der Waals surface area contributed by atoms with Crippen LogP contribution in [0, 0.1) is 6.92 Å². The number of unbranched alkanes of at least 4 members (excludes halogenated alkanes) is 3. The van der Waals surface area contributed by atoms with E-state index in [0.717, 1.165) is 19.3 Å². The van der Waals surface area contributed by atoms with Crippen LogP contribution in [-0.2, 0) is 14.8 Å². The van der Waals surface area contributed by atoms with Gasteiger partial charge in [0.25, 0.3) is 0 Å². The molecule has 0 spiro atoms. The van der Waals surface area contributed by atoms with Gasteiger partial charge in [-0.15, -0.1) is 0 Å². The number of aryl methyl sites for hydroxylation is 1. The van der Waals surface area contributed by atoms with Crippen molar-refractivity contribution in [3.8, 4) is 5.75 Å². The predicted molar refractivity (Wildman–Crippen MR) is 106 cm³/mol. The van der Waals surface area contributed by atoms with Crippen LogP contribution in [0.4, 0.5) is 5.82 Å². The number of hydrogen-bond acceptors (Lipinski definition) is 6. The van der Waals surface area contributed by atoms with E-state index < -0.39 is 15.9 Å². The molecule has 2 aromatic rings. The highest BCUT2D eigenvalue weighted by molar-refractivity contribution is 7.89. The number of aromatic nitrogens is 1. The quantitative estimate of drug-likeness (QED) is 0.572. The van der Waals surface area contributed by atoms with Crippen molar-refractivity contribution in [1.29, 1.82) is 0 Å². The maximum absolute atomic E-state index is 13.1. The highest BCUT2D eigenvalue weighted by Gasteiger charge is 2.26. The zero-order chi connectivity index (χ0) is 20.6. The Morgan fingerprint density at radius 3 is 2.50 bits per heavy atom. The summed E-state index contributed by atoms with van der Waals surface area (Å²) < 4.78 is 37.3. The normalized spacial score (nSPS) is 11.6. The average molecular weight is 410 g/mol. The number of hydrogen-bond donors (Lipinski definition) is 1. The molecule has 28 heavy (non-hydrogen) atoms. The SMILES string of the molecule is CCCCCCN(CC(=O)Nc1cc(C)on1)S(=O)(=O)c1ccc(OC)cc1. The molecule has 0 radical (unpaired) electrons. The van der Waals surface area contributed by atoms with Crippen LogP contribution in [0.25, 0.3) is 0 Å². The number of nitrogens with zero attached hydrogens (tertiary/aromatic N) is 2. The molecule has 0 atom stereocenters. The maximum atomic E-state index is 13.1. The molecule has 1 heterocycles. The second-order valence-corrected chi connectivity index (χ2v) is 8.38. The number of methoxy groups -OCH3 is 1. The minimum absolute atomic E-state index is 0.119. The molecule has 0 saturated carbocycles. The van der Waals surface area contributed by atoms with Gasteiger partial charge in [0, 0.05) is 12.6 Å². The van der Waals surface area contributed by atoms with E-state index in [2.05, 4.69) is 17.4 Å². The fourth-order valence-corrected chi connectivity index (χ4v) is 4.10. The third-order valence-corrected chi connectivity index (χ3v) is 6.03. The number of carbonyl (C=O) groups excluding carboxylic acids is 1. The number of sulfonamides is 1. The molecule has 1 N–H and O–H groups in total. The molecule has 1 amide bonds. The van der Waals surface area contributed by atoms with Crippen LogP contribution < -0.4 is 10.1 Å². The summed E-state index contributed by atoms with van der Waals surface area (Å²) in [6.07, 6.45) is 3.63. The van der Waals surface area contributed by atoms with Crippen molar-refractivity contribution >= 4 is 21.7 Å². The third kappa shape index (κ3) is 6.07. The standard InChI is InChI=1S/C19H27N3O5S/c1-4-5-6-7-12-22(14-19(23)20-18-13-15(2)27-21-18)28(24,25)17-10-8-16(26-3)9-11-17/h8-11,13H,4-7,12,14H2,1-3H3,(H,20,21,23). The highest BCUT2D eigenvalue weighted by Crippen LogP contribution is 2.20. The van der Waals surface area contributed by atoms with Gasteiger partial charge in [0.05, 0.1) is 18.6 Å². The first-order chi connectivity index (χ1) is 13.4. The third-order valence-electron chi connectivity index (χ3n) is 4.17. The van der Waals surface area contributed by atoms with Gasteiger partial charge in [-0.1, -0.05) is 31.3 Å². The Labute approximate surface area is 165 Å². The van der Waals surface area contributed by atoms with Crippen molar-refractivity contribution in [1.82, 2.24) is 9.46 Å². The fraction of sp³-hybridized carbons (Fsp3) is 0.474. The molecular formula is C19H27N3O5S. The van der Waals surface area contributed by atoms with Gasteiger partial charge in [0.1, 0.15) is 11.5 Å². The zero-order valence-electron chi connectivity index (χ0n) is 16.5. The van der Waals surface area contributed by atoms with E-state index >= 15 is 0 Å². The van der Waals surface area contributed by atoms with Gasteiger partial charge in [0.15, 0.2) is 5.82 Å². The van der Waals surface area contributed by atoms with Crippen LogP contribution >= 0.6 is 0 Å². The Hall–Kier alpha value is -2.39. The second-order valence-electron chi connectivity index (χ2n) is 6.45. The van der Waals surface area contributed by atoms with Gasteiger partial charge in [-0.3, -0.25) is 4.79 Å². The van der Waals surface area contributed by atoms with Gasteiger partial charge in [0.2, 0.25) is 15.9 Å². The average Bonchev–Trinajstić information content (AvgIpc) is 3.08. The van der Waals surface area contributed by atoms with Crippen LogP contribution in [0.5, 0.6) is 5.75 Å². The van der Waals surface area contributed by atoms with Crippen LogP contribution in [0.1, 0.15) is 38.4 Å². The summed E-state index contributed by atoms with van der Waals surface area (Å²) in [5.41, 5.74) is 0. The highest BCUT2D eigenvalue weighted by atomic mass is 32.2. The van der Waals surface area contributed by atoms with Crippen LogP contribution in [-0.4, -0.2) is 44.0 Å². The van der Waals surface area contributed by atoms with E-state index in [1.807, 2.05) is 0 Å². The Morgan fingerprint density at radius 2 is 1.93 bits per heavy atom. The molecule has 0 aliphatic rings. The minimum atomic E-state index is -3.82. The molecule has 0 bridgehead atoms. The number of amides is 1. The lowest BCUT2D eigenvalue weighted by Gasteiger charge is -2.21. The zero-order valence-corrected chi connectivity index (χ0v) is 17.3. The topological polar surface area (TPSA) is 102 Å². The molecule has 2 rings (SSSR count). The Balaban J connectivity index is 2.15. The van der Waals surface area contributed by atoms with E-state index in [-0.39, 0.29) is 23.8 Å². The van der Waals surface area contributed by atoms with E-state index in [0.29, 0.717) is 17.9 Å². The number of benzene rings is 1. The van der Waals surface area contributed by atoms with Crippen molar-refractivity contribution in [2.45, 2.75) is 44.4 Å². The molecule has 8 nitrogen and oxygen atoms in total. The molecule has 0 unspecified atom stereocenters. The molecule has 1 aromatic carbocycles. The molecule has 0 saturated heterocycles. The Kier molecular flexibility index (Phi) is 8.01. The van der Waals surface area contributed by atoms with Crippen LogP contribution in [0.3, 0.4) is 0 Å². The first kappa shape index (κ1) is 21.9. The maximum Gasteiger partial charge on any atom is 0.243 e. The van der Waals surface area contributed by atoms with Crippen molar-refractivity contribution in [2.75, 3.05) is 25.5 Å². The molecule has 0 aliphatic carbocycles. The van der Waals surface area contributed by atoms with Crippen LogP contribution in [0.15, 0.2) is 39.8 Å². The van der Waals surface area contributed by atoms with Gasteiger partial charge in [-0.05, 0) is 37.6 Å². The van der Waals surface area contributed by atoms with Crippen molar-refractivity contribution in [3.63, 3.8) is 0 Å². The lowest BCUT2D eigenvalue weighted by molar-refractivity contribution is -0.116. The van der Waals surface area contributed by atoms with E-state index in [1.165, 1.54) is 23.5 Å². The van der Waals surface area contributed by atoms with Gasteiger partial charge in [-0.25, -0.2) is 8.42 Å². The molecular weight excluding hydrogens is 382 g/mol. The summed E-state index contributed by atoms with van der Waals surface area (Å²) >= 11 is 0. The van der Waals surface area contributed by atoms with Crippen molar-refractivity contribution in [2.24, 2.45) is 0 Å². The second kappa shape index (κ2) is 10.2. The summed E-state index contributed by atoms with van der Waals surface area (Å²) in [6.45, 7) is 3.75. The minimum Gasteiger partial charge on any atom is -0.497 e. The number of ether oxygens (including phenoxy) is 1. The fourth-order valence-electron chi connectivity index (χ4n) is 2.66. The first-order valence-corrected chi connectivity index (χ1v) is 10.7. The van der Waals surface area contributed by atoms with Crippen molar-refractivity contribution in [3.05, 3.63) is 36.1 Å². The summed E-state index contributed by atoms with van der Waals surface area (Å²) in [5.74, 6) is 0.904. The van der Waals surface area contributed by atoms with E-state index in [4.69, 9.17) is 9.26 Å². The van der Waals surface area contributed by atoms with E-state index in [1.54, 1.807) is 25.1 Å². The van der Waals surface area contributed by atoms with Gasteiger partial charge >= 0.3 is 0 Å². The summed E-state index contributed by atoms with van der Waals surface area (Å²) in [4.78, 5) is 12.5.